The molecule has 2 rings (SSSR count). The van der Waals surface area contributed by atoms with E-state index in [-0.39, 0.29) is 12.0 Å². The van der Waals surface area contributed by atoms with Crippen molar-refractivity contribution in [3.05, 3.63) is 29.3 Å². The SMILES string of the molecule is CCOc1ccc(C(NC2CC2)C(=O)OC)cc1C. The number of esters is 1. The predicted octanol–water partition coefficient (Wildman–Crippen LogP) is 2.36. The molecule has 0 bridgehead atoms. The van der Waals surface area contributed by atoms with Crippen molar-refractivity contribution in [3.8, 4) is 5.75 Å². The third-order valence-corrected chi connectivity index (χ3v) is 3.25. The van der Waals surface area contributed by atoms with Gasteiger partial charge in [0.05, 0.1) is 13.7 Å². The van der Waals surface area contributed by atoms with Crippen molar-refractivity contribution in [1.29, 1.82) is 0 Å². The third kappa shape index (κ3) is 3.47. The molecule has 4 heteroatoms. The third-order valence-electron chi connectivity index (χ3n) is 3.25. The van der Waals surface area contributed by atoms with Crippen LogP contribution < -0.4 is 10.1 Å². The van der Waals surface area contributed by atoms with E-state index in [2.05, 4.69) is 5.32 Å². The Balaban J connectivity index is 2.20. The highest BCUT2D eigenvalue weighted by molar-refractivity contribution is 5.77. The number of carbonyl (C=O) groups excluding carboxylic acids is 1. The second-order valence-electron chi connectivity index (χ2n) is 4.86. The zero-order chi connectivity index (χ0) is 13.8. The van der Waals surface area contributed by atoms with Crippen molar-refractivity contribution in [3.63, 3.8) is 0 Å². The van der Waals surface area contributed by atoms with Crippen molar-refractivity contribution < 1.29 is 14.3 Å². The van der Waals surface area contributed by atoms with Gasteiger partial charge in [0, 0.05) is 6.04 Å². The maximum Gasteiger partial charge on any atom is 0.327 e. The summed E-state index contributed by atoms with van der Waals surface area (Å²) in [5.74, 6) is 0.622. The van der Waals surface area contributed by atoms with Crippen LogP contribution in [0.2, 0.25) is 0 Å². The van der Waals surface area contributed by atoms with Gasteiger partial charge in [-0.05, 0) is 43.9 Å². The van der Waals surface area contributed by atoms with Crippen LogP contribution in [0.4, 0.5) is 0 Å². The van der Waals surface area contributed by atoms with Gasteiger partial charge in [-0.15, -0.1) is 0 Å². The standard InChI is InChI=1S/C15H21NO3/c1-4-19-13-8-5-11(9-10(13)2)14(15(17)18-3)16-12-6-7-12/h5,8-9,12,14,16H,4,6-7H2,1-3H3. The highest BCUT2D eigenvalue weighted by Gasteiger charge is 2.30. The van der Waals surface area contributed by atoms with Gasteiger partial charge in [-0.2, -0.15) is 0 Å². The van der Waals surface area contributed by atoms with Crippen LogP contribution in [0, 0.1) is 6.92 Å². The fourth-order valence-corrected chi connectivity index (χ4v) is 2.07. The van der Waals surface area contributed by atoms with Crippen LogP contribution in [0.15, 0.2) is 18.2 Å². The summed E-state index contributed by atoms with van der Waals surface area (Å²) in [6, 6.07) is 5.89. The molecule has 1 aliphatic rings. The van der Waals surface area contributed by atoms with E-state index in [0.29, 0.717) is 12.6 Å². The van der Waals surface area contributed by atoms with E-state index in [0.717, 1.165) is 29.7 Å². The molecule has 1 N–H and O–H groups in total. The Bertz CT molecular complexity index is 455. The molecule has 104 valence electrons. The topological polar surface area (TPSA) is 47.6 Å². The number of methoxy groups -OCH3 is 1. The number of rotatable bonds is 6. The number of ether oxygens (including phenoxy) is 2. The van der Waals surface area contributed by atoms with Gasteiger partial charge in [-0.25, -0.2) is 4.79 Å². The van der Waals surface area contributed by atoms with Crippen LogP contribution in [-0.2, 0) is 9.53 Å². The smallest absolute Gasteiger partial charge is 0.327 e. The van der Waals surface area contributed by atoms with Gasteiger partial charge >= 0.3 is 5.97 Å². The molecule has 1 unspecified atom stereocenters. The summed E-state index contributed by atoms with van der Waals surface area (Å²) in [5.41, 5.74) is 1.96. The molecule has 1 aromatic carbocycles. The van der Waals surface area contributed by atoms with Gasteiger partial charge in [-0.1, -0.05) is 12.1 Å². The molecular weight excluding hydrogens is 242 g/mol. The fraction of sp³-hybridized carbons (Fsp3) is 0.533. The van der Waals surface area contributed by atoms with Gasteiger partial charge in [0.15, 0.2) is 0 Å². The monoisotopic (exact) mass is 263 g/mol. The number of nitrogens with one attached hydrogen (secondary N) is 1. The number of carbonyl (C=O) groups is 1. The molecule has 0 heterocycles. The van der Waals surface area contributed by atoms with Crippen LogP contribution in [0.1, 0.15) is 36.9 Å². The van der Waals surface area contributed by atoms with Crippen molar-refractivity contribution in [2.75, 3.05) is 13.7 Å². The summed E-state index contributed by atoms with van der Waals surface area (Å²) in [6.45, 7) is 4.58. The molecule has 1 aromatic rings. The van der Waals surface area contributed by atoms with E-state index in [1.54, 1.807) is 0 Å². The zero-order valence-electron chi connectivity index (χ0n) is 11.7. The second kappa shape index (κ2) is 6.06. The van der Waals surface area contributed by atoms with Crippen LogP contribution in [0.5, 0.6) is 5.75 Å². The second-order valence-corrected chi connectivity index (χ2v) is 4.86. The molecule has 4 nitrogen and oxygen atoms in total. The van der Waals surface area contributed by atoms with Crippen LogP contribution in [0.25, 0.3) is 0 Å². The van der Waals surface area contributed by atoms with E-state index < -0.39 is 0 Å². The normalized spacial score (nSPS) is 15.9. The van der Waals surface area contributed by atoms with E-state index in [1.165, 1.54) is 7.11 Å². The van der Waals surface area contributed by atoms with Crippen LogP contribution in [-0.4, -0.2) is 25.7 Å². The Hall–Kier alpha value is -1.55. The van der Waals surface area contributed by atoms with Crippen LogP contribution >= 0.6 is 0 Å². The average molecular weight is 263 g/mol. The van der Waals surface area contributed by atoms with Gasteiger partial charge in [0.1, 0.15) is 11.8 Å². The quantitative estimate of drug-likeness (QED) is 0.800. The fourth-order valence-electron chi connectivity index (χ4n) is 2.07. The lowest BCUT2D eigenvalue weighted by molar-refractivity contribution is -0.143. The highest BCUT2D eigenvalue weighted by atomic mass is 16.5. The molecule has 0 spiro atoms. The number of aryl methyl sites for hydroxylation is 1. The molecule has 1 aliphatic carbocycles. The highest BCUT2D eigenvalue weighted by Crippen LogP contribution is 2.27. The minimum atomic E-state index is -0.383. The number of hydrogen-bond donors (Lipinski definition) is 1. The van der Waals surface area contributed by atoms with Crippen molar-refractivity contribution >= 4 is 5.97 Å². The molecule has 1 saturated carbocycles. The summed E-state index contributed by atoms with van der Waals surface area (Å²) in [5, 5.41) is 3.32. The molecule has 0 radical (unpaired) electrons. The van der Waals surface area contributed by atoms with Gasteiger partial charge in [0.25, 0.3) is 0 Å². The first kappa shape index (κ1) is 13.9. The first-order chi connectivity index (χ1) is 9.15. The van der Waals surface area contributed by atoms with Crippen molar-refractivity contribution in [2.45, 2.75) is 38.8 Å². The maximum atomic E-state index is 11.9. The molecule has 19 heavy (non-hydrogen) atoms. The Labute approximate surface area is 114 Å². The summed E-state index contributed by atoms with van der Waals surface area (Å²) < 4.78 is 10.4. The molecule has 0 amide bonds. The molecule has 0 aliphatic heterocycles. The average Bonchev–Trinajstić information content (AvgIpc) is 3.22. The molecular formula is C15H21NO3. The largest absolute Gasteiger partial charge is 0.494 e. The Morgan fingerprint density at radius 3 is 2.74 bits per heavy atom. The van der Waals surface area contributed by atoms with Crippen LogP contribution in [0.3, 0.4) is 0 Å². The van der Waals surface area contributed by atoms with Crippen molar-refractivity contribution in [2.24, 2.45) is 0 Å². The van der Waals surface area contributed by atoms with Gasteiger partial charge in [-0.3, -0.25) is 5.32 Å². The summed E-state index contributed by atoms with van der Waals surface area (Å²) in [7, 11) is 1.42. The van der Waals surface area contributed by atoms with Gasteiger partial charge < -0.3 is 9.47 Å². The van der Waals surface area contributed by atoms with E-state index in [9.17, 15) is 4.79 Å². The number of benzene rings is 1. The Kier molecular flexibility index (Phi) is 4.43. The lowest BCUT2D eigenvalue weighted by Gasteiger charge is -2.18. The Morgan fingerprint density at radius 2 is 2.21 bits per heavy atom. The predicted molar refractivity (Wildman–Crippen MR) is 73.3 cm³/mol. The summed E-state index contributed by atoms with van der Waals surface area (Å²) >= 11 is 0. The zero-order valence-corrected chi connectivity index (χ0v) is 11.7. The first-order valence-electron chi connectivity index (χ1n) is 6.73. The van der Waals surface area contributed by atoms with Crippen molar-refractivity contribution in [1.82, 2.24) is 5.32 Å². The molecule has 1 fully saturated rings. The Morgan fingerprint density at radius 1 is 1.47 bits per heavy atom. The number of hydrogen-bond acceptors (Lipinski definition) is 4. The van der Waals surface area contributed by atoms with E-state index in [1.807, 2.05) is 32.0 Å². The molecule has 0 aromatic heterocycles. The summed E-state index contributed by atoms with van der Waals surface area (Å²) in [6.07, 6.45) is 2.26. The molecule has 1 atom stereocenters. The minimum absolute atomic E-state index is 0.240. The summed E-state index contributed by atoms with van der Waals surface area (Å²) in [4.78, 5) is 11.9. The lowest BCUT2D eigenvalue weighted by atomic mass is 10.0. The lowest BCUT2D eigenvalue weighted by Crippen LogP contribution is -2.31. The van der Waals surface area contributed by atoms with E-state index in [4.69, 9.17) is 9.47 Å². The molecule has 0 saturated heterocycles. The van der Waals surface area contributed by atoms with Gasteiger partial charge in [0.2, 0.25) is 0 Å². The first-order valence-corrected chi connectivity index (χ1v) is 6.73. The van der Waals surface area contributed by atoms with E-state index >= 15 is 0 Å². The minimum Gasteiger partial charge on any atom is -0.494 e. The maximum absolute atomic E-state index is 11.9.